The standard InChI is InChI=1S/C8H10FN3/c1-2-7(12-10)8-6(9)4-3-5-11-8/h2-5,7,12H,1,10H2. The maximum atomic E-state index is 13.0. The molecular weight excluding hydrogens is 157 g/mol. The molecule has 0 aliphatic carbocycles. The van der Waals surface area contributed by atoms with Crippen LogP contribution in [0.25, 0.3) is 0 Å². The molecule has 0 saturated heterocycles. The van der Waals surface area contributed by atoms with Gasteiger partial charge in [0.1, 0.15) is 5.82 Å². The van der Waals surface area contributed by atoms with Gasteiger partial charge in [-0.3, -0.25) is 10.8 Å². The van der Waals surface area contributed by atoms with E-state index in [1.54, 1.807) is 0 Å². The molecule has 1 rings (SSSR count). The van der Waals surface area contributed by atoms with E-state index < -0.39 is 6.04 Å². The van der Waals surface area contributed by atoms with E-state index in [1.165, 1.54) is 24.4 Å². The van der Waals surface area contributed by atoms with Gasteiger partial charge in [0.05, 0.1) is 11.7 Å². The lowest BCUT2D eigenvalue weighted by Crippen LogP contribution is -2.27. The van der Waals surface area contributed by atoms with Crippen molar-refractivity contribution in [3.05, 3.63) is 42.5 Å². The second-order valence-corrected chi connectivity index (χ2v) is 2.25. The first-order valence-electron chi connectivity index (χ1n) is 3.48. The number of hydrazine groups is 1. The van der Waals surface area contributed by atoms with E-state index in [2.05, 4.69) is 17.0 Å². The van der Waals surface area contributed by atoms with E-state index in [4.69, 9.17) is 5.84 Å². The number of nitrogens with zero attached hydrogens (tertiary/aromatic N) is 1. The normalized spacial score (nSPS) is 12.5. The molecule has 0 bridgehead atoms. The third-order valence-electron chi connectivity index (χ3n) is 1.50. The Morgan fingerprint density at radius 3 is 3.00 bits per heavy atom. The molecular formula is C8H10FN3. The van der Waals surface area contributed by atoms with Crippen molar-refractivity contribution in [3.8, 4) is 0 Å². The molecule has 3 N–H and O–H groups in total. The summed E-state index contributed by atoms with van der Waals surface area (Å²) < 4.78 is 13.0. The fraction of sp³-hybridized carbons (Fsp3) is 0.125. The predicted octanol–water partition coefficient (Wildman–Crippen LogP) is 0.911. The average Bonchev–Trinajstić information content (AvgIpc) is 2.10. The van der Waals surface area contributed by atoms with Crippen LogP contribution in [0.15, 0.2) is 31.0 Å². The zero-order valence-corrected chi connectivity index (χ0v) is 6.50. The van der Waals surface area contributed by atoms with Crippen molar-refractivity contribution in [2.45, 2.75) is 6.04 Å². The summed E-state index contributed by atoms with van der Waals surface area (Å²) in [6, 6.07) is 2.41. The third-order valence-corrected chi connectivity index (χ3v) is 1.50. The molecule has 0 aliphatic heterocycles. The molecule has 1 heterocycles. The lowest BCUT2D eigenvalue weighted by molar-refractivity contribution is 0.552. The van der Waals surface area contributed by atoms with Crippen LogP contribution in [0, 0.1) is 5.82 Å². The number of halogens is 1. The van der Waals surface area contributed by atoms with Crippen LogP contribution < -0.4 is 11.3 Å². The molecule has 0 aliphatic rings. The number of hydrogen-bond donors (Lipinski definition) is 2. The molecule has 1 atom stereocenters. The molecule has 0 radical (unpaired) electrons. The van der Waals surface area contributed by atoms with Gasteiger partial charge in [-0.2, -0.15) is 0 Å². The number of aromatic nitrogens is 1. The Balaban J connectivity index is 3.00. The van der Waals surface area contributed by atoms with Crippen LogP contribution in [-0.2, 0) is 0 Å². The van der Waals surface area contributed by atoms with Gasteiger partial charge in [-0.1, -0.05) is 6.08 Å². The molecule has 1 unspecified atom stereocenters. The maximum absolute atomic E-state index is 13.0. The predicted molar refractivity (Wildman–Crippen MR) is 44.5 cm³/mol. The van der Waals surface area contributed by atoms with Crippen LogP contribution in [-0.4, -0.2) is 4.98 Å². The van der Waals surface area contributed by atoms with Crippen LogP contribution in [0.4, 0.5) is 4.39 Å². The summed E-state index contributed by atoms with van der Waals surface area (Å²) in [6.45, 7) is 3.50. The fourth-order valence-electron chi connectivity index (χ4n) is 0.885. The van der Waals surface area contributed by atoms with Gasteiger partial charge in [0.2, 0.25) is 0 Å². The van der Waals surface area contributed by atoms with Crippen LogP contribution in [0.1, 0.15) is 11.7 Å². The molecule has 1 aromatic rings. The van der Waals surface area contributed by atoms with Gasteiger partial charge in [0.25, 0.3) is 0 Å². The molecule has 0 aromatic carbocycles. The van der Waals surface area contributed by atoms with Crippen LogP contribution in [0.2, 0.25) is 0 Å². The Kier molecular flexibility index (Phi) is 2.90. The number of pyridine rings is 1. The van der Waals surface area contributed by atoms with Gasteiger partial charge >= 0.3 is 0 Å². The van der Waals surface area contributed by atoms with Gasteiger partial charge < -0.3 is 0 Å². The molecule has 4 heteroatoms. The number of rotatable bonds is 3. The van der Waals surface area contributed by atoms with Crippen LogP contribution >= 0.6 is 0 Å². The summed E-state index contributed by atoms with van der Waals surface area (Å²) in [4.78, 5) is 3.83. The summed E-state index contributed by atoms with van der Waals surface area (Å²) in [7, 11) is 0. The Labute approximate surface area is 70.1 Å². The summed E-state index contributed by atoms with van der Waals surface area (Å²) >= 11 is 0. The molecule has 12 heavy (non-hydrogen) atoms. The Morgan fingerprint density at radius 1 is 1.75 bits per heavy atom. The van der Waals surface area contributed by atoms with E-state index in [0.29, 0.717) is 0 Å². The minimum Gasteiger partial charge on any atom is -0.271 e. The van der Waals surface area contributed by atoms with Crippen molar-refractivity contribution in [2.75, 3.05) is 0 Å². The second-order valence-electron chi connectivity index (χ2n) is 2.25. The Morgan fingerprint density at radius 2 is 2.50 bits per heavy atom. The fourth-order valence-corrected chi connectivity index (χ4v) is 0.885. The lowest BCUT2D eigenvalue weighted by Gasteiger charge is -2.09. The average molecular weight is 167 g/mol. The number of nitrogens with one attached hydrogen (secondary N) is 1. The minimum atomic E-state index is -0.439. The van der Waals surface area contributed by atoms with E-state index in [0.717, 1.165) is 0 Å². The highest BCUT2D eigenvalue weighted by Crippen LogP contribution is 2.12. The summed E-state index contributed by atoms with van der Waals surface area (Å²) in [5.74, 6) is 4.77. The molecule has 0 saturated carbocycles. The molecule has 1 aromatic heterocycles. The van der Waals surface area contributed by atoms with E-state index in [-0.39, 0.29) is 11.5 Å². The Bertz CT molecular complexity index is 275. The number of hydrogen-bond acceptors (Lipinski definition) is 3. The maximum Gasteiger partial charge on any atom is 0.146 e. The van der Waals surface area contributed by atoms with E-state index >= 15 is 0 Å². The van der Waals surface area contributed by atoms with Crippen molar-refractivity contribution >= 4 is 0 Å². The zero-order chi connectivity index (χ0) is 8.97. The first-order chi connectivity index (χ1) is 5.79. The molecule has 0 spiro atoms. The number of nitrogens with two attached hydrogens (primary N) is 1. The smallest absolute Gasteiger partial charge is 0.146 e. The lowest BCUT2D eigenvalue weighted by atomic mass is 10.2. The molecule has 0 amide bonds. The van der Waals surface area contributed by atoms with E-state index in [9.17, 15) is 4.39 Å². The minimum absolute atomic E-state index is 0.259. The second kappa shape index (κ2) is 3.94. The highest BCUT2D eigenvalue weighted by Gasteiger charge is 2.10. The quantitative estimate of drug-likeness (QED) is 0.399. The topological polar surface area (TPSA) is 50.9 Å². The first kappa shape index (κ1) is 8.83. The highest BCUT2D eigenvalue weighted by molar-refractivity contribution is 5.15. The monoisotopic (exact) mass is 167 g/mol. The van der Waals surface area contributed by atoms with Crippen LogP contribution in [0.5, 0.6) is 0 Å². The summed E-state index contributed by atoms with van der Waals surface area (Å²) in [5.41, 5.74) is 2.65. The van der Waals surface area contributed by atoms with Gasteiger partial charge in [-0.15, -0.1) is 6.58 Å². The molecule has 0 fully saturated rings. The molecule has 64 valence electrons. The first-order valence-corrected chi connectivity index (χ1v) is 3.48. The van der Waals surface area contributed by atoms with Gasteiger partial charge in [-0.05, 0) is 12.1 Å². The largest absolute Gasteiger partial charge is 0.271 e. The third kappa shape index (κ3) is 1.66. The van der Waals surface area contributed by atoms with Crippen molar-refractivity contribution in [2.24, 2.45) is 5.84 Å². The van der Waals surface area contributed by atoms with Gasteiger partial charge in [-0.25, -0.2) is 9.82 Å². The van der Waals surface area contributed by atoms with Gasteiger partial charge in [0, 0.05) is 6.20 Å². The van der Waals surface area contributed by atoms with Crippen molar-refractivity contribution in [1.82, 2.24) is 10.4 Å². The summed E-state index contributed by atoms with van der Waals surface area (Å²) in [6.07, 6.45) is 3.00. The highest BCUT2D eigenvalue weighted by atomic mass is 19.1. The van der Waals surface area contributed by atoms with Crippen molar-refractivity contribution in [3.63, 3.8) is 0 Å². The molecule has 3 nitrogen and oxygen atoms in total. The van der Waals surface area contributed by atoms with Gasteiger partial charge in [0.15, 0.2) is 0 Å². The zero-order valence-electron chi connectivity index (χ0n) is 6.50. The SMILES string of the molecule is C=CC(NN)c1ncccc1F. The summed E-state index contributed by atoms with van der Waals surface area (Å²) in [5, 5.41) is 0. The van der Waals surface area contributed by atoms with E-state index in [1.807, 2.05) is 0 Å². The van der Waals surface area contributed by atoms with Crippen molar-refractivity contribution in [1.29, 1.82) is 0 Å². The Hall–Kier alpha value is -1.26. The van der Waals surface area contributed by atoms with Crippen LogP contribution in [0.3, 0.4) is 0 Å². The van der Waals surface area contributed by atoms with Crippen molar-refractivity contribution < 1.29 is 4.39 Å².